The molecule has 4 heteroatoms. The number of fused-ring (bicyclic) bond motifs is 1. The van der Waals surface area contributed by atoms with Gasteiger partial charge in [-0.05, 0) is 25.5 Å². The topological polar surface area (TPSA) is 37.6 Å². The van der Waals surface area contributed by atoms with Crippen molar-refractivity contribution in [1.82, 2.24) is 9.38 Å². The fraction of sp³-hybridized carbons (Fsp3) is 0.385. The number of imidazole rings is 1. The Morgan fingerprint density at radius 1 is 1.41 bits per heavy atom. The van der Waals surface area contributed by atoms with Crippen molar-refractivity contribution in [2.45, 2.75) is 20.3 Å². The van der Waals surface area contributed by atoms with E-state index in [0.29, 0.717) is 5.69 Å². The number of aromatic nitrogens is 2. The second kappa shape index (κ2) is 4.99. The van der Waals surface area contributed by atoms with Gasteiger partial charge in [-0.25, -0.2) is 4.98 Å². The van der Waals surface area contributed by atoms with Crippen molar-refractivity contribution in [3.63, 3.8) is 0 Å². The van der Waals surface area contributed by atoms with Gasteiger partial charge in [-0.2, -0.15) is 0 Å². The molecule has 0 aliphatic rings. The second-order valence-electron chi connectivity index (χ2n) is 3.95. The average Bonchev–Trinajstić information content (AvgIpc) is 2.74. The number of aldehydes is 1. The van der Waals surface area contributed by atoms with E-state index in [-0.39, 0.29) is 0 Å². The van der Waals surface area contributed by atoms with Crippen LogP contribution < -0.4 is 4.90 Å². The summed E-state index contributed by atoms with van der Waals surface area (Å²) in [6.45, 7) is 5.98. The molecule has 4 nitrogen and oxygen atoms in total. The standard InChI is InChI=1S/C13H17N3O/c1-3-8-15(4-2)13-11(10-17)16-9-6-5-7-12(16)14-13/h5-7,9-10H,3-4,8H2,1-2H3. The van der Waals surface area contributed by atoms with Crippen LogP contribution in [0.3, 0.4) is 0 Å². The zero-order chi connectivity index (χ0) is 12.3. The maximum Gasteiger partial charge on any atom is 0.170 e. The van der Waals surface area contributed by atoms with Crippen molar-refractivity contribution in [3.05, 3.63) is 30.1 Å². The van der Waals surface area contributed by atoms with Gasteiger partial charge in [-0.15, -0.1) is 0 Å². The first-order valence-corrected chi connectivity index (χ1v) is 5.99. The number of carbonyl (C=O) groups is 1. The molecule has 2 rings (SSSR count). The number of hydrogen-bond acceptors (Lipinski definition) is 3. The molecule has 2 aromatic heterocycles. The summed E-state index contributed by atoms with van der Waals surface area (Å²) in [5.74, 6) is 0.788. The molecule has 0 unspecified atom stereocenters. The lowest BCUT2D eigenvalue weighted by Gasteiger charge is -2.19. The molecule has 0 aromatic carbocycles. The lowest BCUT2D eigenvalue weighted by atomic mass is 10.3. The van der Waals surface area contributed by atoms with Gasteiger partial charge in [-0.3, -0.25) is 9.20 Å². The number of pyridine rings is 1. The molecule has 0 saturated carbocycles. The Balaban J connectivity index is 2.55. The van der Waals surface area contributed by atoms with Crippen LogP contribution in [-0.2, 0) is 0 Å². The smallest absolute Gasteiger partial charge is 0.170 e. The molecule has 2 heterocycles. The van der Waals surface area contributed by atoms with E-state index < -0.39 is 0 Å². The number of rotatable bonds is 5. The lowest BCUT2D eigenvalue weighted by Crippen LogP contribution is -2.24. The summed E-state index contributed by atoms with van der Waals surface area (Å²) >= 11 is 0. The fourth-order valence-corrected chi connectivity index (χ4v) is 2.03. The Hall–Kier alpha value is -1.84. The zero-order valence-electron chi connectivity index (χ0n) is 10.3. The van der Waals surface area contributed by atoms with Crippen molar-refractivity contribution >= 4 is 17.8 Å². The Morgan fingerprint density at radius 2 is 2.24 bits per heavy atom. The van der Waals surface area contributed by atoms with Crippen molar-refractivity contribution in [1.29, 1.82) is 0 Å². The quantitative estimate of drug-likeness (QED) is 0.741. The van der Waals surface area contributed by atoms with Crippen LogP contribution in [0.2, 0.25) is 0 Å². The Labute approximate surface area is 101 Å². The summed E-state index contributed by atoms with van der Waals surface area (Å²) in [6, 6.07) is 5.74. The van der Waals surface area contributed by atoms with Crippen LogP contribution in [0, 0.1) is 0 Å². The fourth-order valence-electron chi connectivity index (χ4n) is 2.03. The van der Waals surface area contributed by atoms with Gasteiger partial charge in [0.1, 0.15) is 11.3 Å². The largest absolute Gasteiger partial charge is 0.355 e. The van der Waals surface area contributed by atoms with Crippen molar-refractivity contribution in [2.24, 2.45) is 0 Å². The first-order valence-electron chi connectivity index (χ1n) is 5.99. The molecular formula is C13H17N3O. The normalized spacial score (nSPS) is 10.7. The molecule has 0 bridgehead atoms. The third kappa shape index (κ3) is 2.02. The predicted octanol–water partition coefficient (Wildman–Crippen LogP) is 2.38. The number of hydrogen-bond donors (Lipinski definition) is 0. The number of anilines is 1. The summed E-state index contributed by atoms with van der Waals surface area (Å²) in [4.78, 5) is 17.9. The summed E-state index contributed by atoms with van der Waals surface area (Å²) in [5.41, 5.74) is 1.45. The summed E-state index contributed by atoms with van der Waals surface area (Å²) in [7, 11) is 0. The van der Waals surface area contributed by atoms with Crippen LogP contribution in [-0.4, -0.2) is 28.8 Å². The summed E-state index contributed by atoms with van der Waals surface area (Å²) in [6.07, 6.45) is 3.79. The minimum absolute atomic E-state index is 0.635. The maximum atomic E-state index is 11.2. The van der Waals surface area contributed by atoms with Crippen LogP contribution in [0.15, 0.2) is 24.4 Å². The Kier molecular flexibility index (Phi) is 3.42. The highest BCUT2D eigenvalue weighted by Gasteiger charge is 2.15. The van der Waals surface area contributed by atoms with Crippen molar-refractivity contribution < 1.29 is 4.79 Å². The average molecular weight is 231 g/mol. The molecule has 0 atom stereocenters. The van der Waals surface area contributed by atoms with Crippen LogP contribution >= 0.6 is 0 Å². The highest BCUT2D eigenvalue weighted by molar-refractivity contribution is 5.83. The van der Waals surface area contributed by atoms with Gasteiger partial charge in [0.15, 0.2) is 12.1 Å². The van der Waals surface area contributed by atoms with Gasteiger partial charge in [0, 0.05) is 19.3 Å². The van der Waals surface area contributed by atoms with Crippen LogP contribution in [0.4, 0.5) is 5.82 Å². The number of nitrogens with zero attached hydrogens (tertiary/aromatic N) is 3. The van der Waals surface area contributed by atoms with Crippen LogP contribution in [0.25, 0.3) is 5.65 Å². The van der Waals surface area contributed by atoms with Gasteiger partial charge < -0.3 is 4.90 Å². The second-order valence-corrected chi connectivity index (χ2v) is 3.95. The monoisotopic (exact) mass is 231 g/mol. The van der Waals surface area contributed by atoms with Crippen LogP contribution in [0.5, 0.6) is 0 Å². The molecule has 0 amide bonds. The third-order valence-corrected chi connectivity index (χ3v) is 2.83. The molecule has 0 spiro atoms. The molecule has 0 radical (unpaired) electrons. The first kappa shape index (κ1) is 11.6. The highest BCUT2D eigenvalue weighted by Crippen LogP contribution is 2.20. The van der Waals surface area contributed by atoms with Gasteiger partial charge in [0.2, 0.25) is 0 Å². The molecule has 17 heavy (non-hydrogen) atoms. The zero-order valence-corrected chi connectivity index (χ0v) is 10.3. The van der Waals surface area contributed by atoms with E-state index in [1.54, 1.807) is 0 Å². The lowest BCUT2D eigenvalue weighted by molar-refractivity contribution is 0.111. The van der Waals surface area contributed by atoms with E-state index in [2.05, 4.69) is 23.7 Å². The van der Waals surface area contributed by atoms with Crippen LogP contribution in [0.1, 0.15) is 30.8 Å². The molecule has 0 N–H and O–H groups in total. The summed E-state index contributed by atoms with van der Waals surface area (Å²) < 4.78 is 1.83. The van der Waals surface area contributed by atoms with E-state index in [9.17, 15) is 4.79 Å². The first-order chi connectivity index (χ1) is 8.31. The third-order valence-electron chi connectivity index (χ3n) is 2.83. The Bertz CT molecular complexity index is 518. The predicted molar refractivity (Wildman–Crippen MR) is 68.8 cm³/mol. The molecule has 2 aromatic rings. The highest BCUT2D eigenvalue weighted by atomic mass is 16.1. The van der Waals surface area contributed by atoms with E-state index in [1.807, 2.05) is 28.8 Å². The molecule has 0 aliphatic carbocycles. The van der Waals surface area contributed by atoms with Crippen molar-refractivity contribution in [2.75, 3.05) is 18.0 Å². The molecule has 90 valence electrons. The number of carbonyl (C=O) groups excluding carboxylic acids is 1. The van der Waals surface area contributed by atoms with E-state index in [4.69, 9.17) is 0 Å². The maximum absolute atomic E-state index is 11.2. The SMILES string of the molecule is CCCN(CC)c1nc2ccccn2c1C=O. The molecule has 0 saturated heterocycles. The molecular weight excluding hydrogens is 214 g/mol. The van der Waals surface area contributed by atoms with E-state index >= 15 is 0 Å². The van der Waals surface area contributed by atoms with Crippen molar-refractivity contribution in [3.8, 4) is 0 Å². The van der Waals surface area contributed by atoms with Gasteiger partial charge in [0.05, 0.1) is 0 Å². The summed E-state index contributed by atoms with van der Waals surface area (Å²) in [5, 5.41) is 0. The molecule has 0 aliphatic heterocycles. The van der Waals surface area contributed by atoms with E-state index in [1.165, 1.54) is 0 Å². The Morgan fingerprint density at radius 3 is 2.88 bits per heavy atom. The molecule has 0 fully saturated rings. The van der Waals surface area contributed by atoms with Gasteiger partial charge in [-0.1, -0.05) is 13.0 Å². The van der Waals surface area contributed by atoms with Gasteiger partial charge >= 0.3 is 0 Å². The minimum Gasteiger partial charge on any atom is -0.355 e. The minimum atomic E-state index is 0.635. The van der Waals surface area contributed by atoms with E-state index in [0.717, 1.165) is 37.3 Å². The van der Waals surface area contributed by atoms with Gasteiger partial charge in [0.25, 0.3) is 0 Å².